The fourth-order valence-electron chi connectivity index (χ4n) is 3.48. The second-order valence-electron chi connectivity index (χ2n) is 6.91. The number of hydrogen-bond donors (Lipinski definition) is 1. The first kappa shape index (κ1) is 18.8. The van der Waals surface area contributed by atoms with Crippen molar-refractivity contribution in [3.63, 3.8) is 0 Å². The van der Waals surface area contributed by atoms with E-state index >= 15 is 0 Å². The summed E-state index contributed by atoms with van der Waals surface area (Å²) in [5, 5.41) is 5.59. The minimum atomic E-state index is -0.444. The number of rotatable bonds is 4. The molecule has 1 N–H and O–H groups in total. The van der Waals surface area contributed by atoms with Crippen LogP contribution < -0.4 is 10.9 Å². The summed E-state index contributed by atoms with van der Waals surface area (Å²) in [6, 6.07) is 1.70. The molecular formula is C19H19N3O4S2. The zero-order valence-corrected chi connectivity index (χ0v) is 17.1. The number of hydrogen-bond acceptors (Lipinski definition) is 7. The highest BCUT2D eigenvalue weighted by Gasteiger charge is 2.29. The third-order valence-corrected chi connectivity index (χ3v) is 6.91. The summed E-state index contributed by atoms with van der Waals surface area (Å²) >= 11 is 2.80. The molecule has 1 amide bonds. The molecule has 4 rings (SSSR count). The minimum absolute atomic E-state index is 0.169. The predicted molar refractivity (Wildman–Crippen MR) is 109 cm³/mol. The van der Waals surface area contributed by atoms with Gasteiger partial charge in [-0.05, 0) is 42.2 Å². The first-order chi connectivity index (χ1) is 13.5. The van der Waals surface area contributed by atoms with Gasteiger partial charge in [-0.2, -0.15) is 0 Å². The number of carbonyl (C=O) groups excluding carboxylic acids is 2. The number of methoxy groups -OCH3 is 1. The summed E-state index contributed by atoms with van der Waals surface area (Å²) < 4.78 is 6.21. The zero-order chi connectivity index (χ0) is 19.8. The van der Waals surface area contributed by atoms with Gasteiger partial charge in [0.05, 0.1) is 24.4 Å². The van der Waals surface area contributed by atoms with Gasteiger partial charge >= 0.3 is 5.97 Å². The van der Waals surface area contributed by atoms with E-state index in [2.05, 4.69) is 17.2 Å². The predicted octanol–water partition coefficient (Wildman–Crippen LogP) is 3.07. The fourth-order valence-corrected chi connectivity index (χ4v) is 5.62. The topological polar surface area (TPSA) is 90.3 Å². The van der Waals surface area contributed by atoms with Crippen molar-refractivity contribution in [2.45, 2.75) is 32.7 Å². The average molecular weight is 418 g/mol. The summed E-state index contributed by atoms with van der Waals surface area (Å²) in [6.45, 7) is 2.01. The highest BCUT2D eigenvalue weighted by Crippen LogP contribution is 2.40. The van der Waals surface area contributed by atoms with Crippen LogP contribution in [0.5, 0.6) is 0 Å². The molecule has 0 fully saturated rings. The van der Waals surface area contributed by atoms with Gasteiger partial charge in [-0.1, -0.05) is 6.92 Å². The number of amides is 1. The van der Waals surface area contributed by atoms with Crippen LogP contribution in [0.25, 0.3) is 10.2 Å². The molecule has 3 aromatic heterocycles. The zero-order valence-electron chi connectivity index (χ0n) is 15.5. The Morgan fingerprint density at radius 1 is 1.43 bits per heavy atom. The van der Waals surface area contributed by atoms with Crippen molar-refractivity contribution in [1.29, 1.82) is 0 Å². The second kappa shape index (κ2) is 7.48. The van der Waals surface area contributed by atoms with Crippen molar-refractivity contribution >= 4 is 49.8 Å². The molecule has 7 nitrogen and oxygen atoms in total. The summed E-state index contributed by atoms with van der Waals surface area (Å²) in [4.78, 5) is 43.4. The summed E-state index contributed by atoms with van der Waals surface area (Å²) in [6.07, 6.45) is 4.06. The molecule has 1 unspecified atom stereocenters. The molecule has 0 aliphatic heterocycles. The Balaban J connectivity index is 1.61. The Labute approximate surface area is 169 Å². The Morgan fingerprint density at radius 3 is 3.04 bits per heavy atom. The SMILES string of the molecule is COC(=O)c1c(NC(=O)Cn2cnc3sccc3c2=O)sc2c1CCC(C)C2. The quantitative estimate of drug-likeness (QED) is 0.659. The van der Waals surface area contributed by atoms with Crippen molar-refractivity contribution in [2.24, 2.45) is 5.92 Å². The van der Waals surface area contributed by atoms with E-state index in [0.717, 1.165) is 29.7 Å². The van der Waals surface area contributed by atoms with Crippen molar-refractivity contribution in [3.8, 4) is 0 Å². The van der Waals surface area contributed by atoms with Crippen LogP contribution in [0.1, 0.15) is 34.1 Å². The van der Waals surface area contributed by atoms with E-state index in [4.69, 9.17) is 4.74 Å². The van der Waals surface area contributed by atoms with E-state index < -0.39 is 5.97 Å². The molecule has 0 bridgehead atoms. The molecule has 3 aromatic rings. The van der Waals surface area contributed by atoms with Crippen LogP contribution in [0.15, 0.2) is 22.6 Å². The van der Waals surface area contributed by atoms with E-state index in [0.29, 0.717) is 26.7 Å². The molecule has 9 heteroatoms. The van der Waals surface area contributed by atoms with E-state index in [1.165, 1.54) is 40.7 Å². The van der Waals surface area contributed by atoms with Gasteiger partial charge in [0.15, 0.2) is 0 Å². The third-order valence-electron chi connectivity index (χ3n) is 4.92. The number of esters is 1. The van der Waals surface area contributed by atoms with Crippen LogP contribution >= 0.6 is 22.7 Å². The highest BCUT2D eigenvalue weighted by molar-refractivity contribution is 7.17. The van der Waals surface area contributed by atoms with E-state index in [1.807, 2.05) is 0 Å². The van der Waals surface area contributed by atoms with Gasteiger partial charge in [0.2, 0.25) is 5.91 Å². The molecule has 0 saturated carbocycles. The Kier molecular flexibility index (Phi) is 5.03. The Morgan fingerprint density at radius 2 is 2.25 bits per heavy atom. The van der Waals surface area contributed by atoms with Crippen molar-refractivity contribution in [2.75, 3.05) is 12.4 Å². The van der Waals surface area contributed by atoms with Crippen LogP contribution in [0.3, 0.4) is 0 Å². The van der Waals surface area contributed by atoms with Crippen LogP contribution in [0, 0.1) is 5.92 Å². The summed E-state index contributed by atoms with van der Waals surface area (Å²) in [5.74, 6) is -0.279. The highest BCUT2D eigenvalue weighted by atomic mass is 32.1. The number of nitrogens with one attached hydrogen (secondary N) is 1. The number of carbonyl (C=O) groups is 2. The molecular weight excluding hydrogens is 398 g/mol. The molecule has 0 radical (unpaired) electrons. The maximum Gasteiger partial charge on any atom is 0.341 e. The Bertz CT molecular complexity index is 1130. The van der Waals surface area contributed by atoms with Gasteiger partial charge in [0.1, 0.15) is 16.4 Å². The maximum absolute atomic E-state index is 12.6. The second-order valence-corrected chi connectivity index (χ2v) is 8.91. The van der Waals surface area contributed by atoms with Gasteiger partial charge in [-0.15, -0.1) is 22.7 Å². The van der Waals surface area contributed by atoms with Gasteiger partial charge in [-0.25, -0.2) is 9.78 Å². The van der Waals surface area contributed by atoms with Crippen LogP contribution in [0.4, 0.5) is 5.00 Å². The van der Waals surface area contributed by atoms with Crippen LogP contribution in [0.2, 0.25) is 0 Å². The molecule has 0 aromatic carbocycles. The van der Waals surface area contributed by atoms with E-state index in [1.54, 1.807) is 11.4 Å². The van der Waals surface area contributed by atoms with E-state index in [9.17, 15) is 14.4 Å². The summed E-state index contributed by atoms with van der Waals surface area (Å²) in [5.41, 5.74) is 1.17. The smallest absolute Gasteiger partial charge is 0.341 e. The number of nitrogens with zero attached hydrogens (tertiary/aromatic N) is 2. The van der Waals surface area contributed by atoms with Crippen LogP contribution in [-0.2, 0) is 28.9 Å². The van der Waals surface area contributed by atoms with Crippen LogP contribution in [-0.4, -0.2) is 28.5 Å². The first-order valence-electron chi connectivity index (χ1n) is 8.93. The monoisotopic (exact) mass is 417 g/mol. The number of thiophene rings is 2. The molecule has 0 spiro atoms. The van der Waals surface area contributed by atoms with Crippen molar-refractivity contribution in [1.82, 2.24) is 9.55 Å². The van der Waals surface area contributed by atoms with Gasteiger partial charge in [-0.3, -0.25) is 14.2 Å². The lowest BCUT2D eigenvalue weighted by molar-refractivity contribution is -0.116. The van der Waals surface area contributed by atoms with Gasteiger partial charge < -0.3 is 10.1 Å². The molecule has 28 heavy (non-hydrogen) atoms. The average Bonchev–Trinajstić information content (AvgIpc) is 3.27. The third kappa shape index (κ3) is 3.35. The maximum atomic E-state index is 12.6. The van der Waals surface area contributed by atoms with Crippen molar-refractivity contribution < 1.29 is 14.3 Å². The number of aromatic nitrogens is 2. The number of ether oxygens (including phenoxy) is 1. The standard InChI is InChI=1S/C19H19N3O4S2/c1-10-3-4-11-13(7-10)28-17(15(11)19(25)26-2)21-14(23)8-22-9-20-16-12(18(22)24)5-6-27-16/h5-6,9-10H,3-4,7-8H2,1-2H3,(H,21,23). The fraction of sp³-hybridized carbons (Fsp3) is 0.368. The van der Waals surface area contributed by atoms with Gasteiger partial charge in [0.25, 0.3) is 5.56 Å². The minimum Gasteiger partial charge on any atom is -0.465 e. The number of fused-ring (bicyclic) bond motifs is 2. The van der Waals surface area contributed by atoms with Crippen molar-refractivity contribution in [3.05, 3.63) is 44.1 Å². The number of anilines is 1. The first-order valence-corrected chi connectivity index (χ1v) is 10.6. The molecule has 3 heterocycles. The normalized spacial score (nSPS) is 16.0. The molecule has 1 aliphatic rings. The lowest BCUT2D eigenvalue weighted by atomic mass is 9.88. The molecule has 1 atom stereocenters. The molecule has 1 aliphatic carbocycles. The van der Waals surface area contributed by atoms with Gasteiger partial charge in [0, 0.05) is 4.88 Å². The Hall–Kier alpha value is -2.52. The lowest BCUT2D eigenvalue weighted by Crippen LogP contribution is -2.27. The largest absolute Gasteiger partial charge is 0.465 e. The molecule has 146 valence electrons. The van der Waals surface area contributed by atoms with E-state index in [-0.39, 0.29) is 18.0 Å². The summed E-state index contributed by atoms with van der Waals surface area (Å²) in [7, 11) is 1.34. The molecule has 0 saturated heterocycles. The lowest BCUT2D eigenvalue weighted by Gasteiger charge is -2.18.